The normalized spacial score (nSPS) is 11.8. The monoisotopic (exact) mass is 368 g/mol. The highest BCUT2D eigenvalue weighted by Gasteiger charge is 2.06. The summed E-state index contributed by atoms with van der Waals surface area (Å²) in [5, 5.41) is 14.1. The molecule has 0 aliphatic rings. The van der Waals surface area contributed by atoms with Crippen molar-refractivity contribution in [3.63, 3.8) is 0 Å². The standard InChI is InChI=1S/C19H24N6S/c1-14(2)17-13-26-18(24-17)12-22-19(20-3)21-11-15-5-7-16(8-6-15)25-10-4-9-23-25/h4-10,13-14H,11-12H2,1-3H3,(H2,20,21,22). The molecule has 7 heteroatoms. The van der Waals surface area contributed by atoms with E-state index in [2.05, 4.69) is 69.2 Å². The predicted molar refractivity (Wildman–Crippen MR) is 107 cm³/mol. The zero-order valence-corrected chi connectivity index (χ0v) is 16.1. The van der Waals surface area contributed by atoms with Gasteiger partial charge in [-0.25, -0.2) is 9.67 Å². The van der Waals surface area contributed by atoms with Crippen LogP contribution in [-0.4, -0.2) is 27.8 Å². The lowest BCUT2D eigenvalue weighted by molar-refractivity contribution is 0.784. The second kappa shape index (κ2) is 8.62. The molecule has 0 radical (unpaired) electrons. The summed E-state index contributed by atoms with van der Waals surface area (Å²) in [5.74, 6) is 1.23. The van der Waals surface area contributed by atoms with Gasteiger partial charge in [0.1, 0.15) is 5.01 Å². The van der Waals surface area contributed by atoms with E-state index in [1.54, 1.807) is 24.6 Å². The van der Waals surface area contributed by atoms with E-state index in [9.17, 15) is 0 Å². The molecule has 0 saturated carbocycles. The van der Waals surface area contributed by atoms with E-state index in [1.807, 2.05) is 16.9 Å². The zero-order chi connectivity index (χ0) is 18.4. The summed E-state index contributed by atoms with van der Waals surface area (Å²) in [7, 11) is 1.78. The van der Waals surface area contributed by atoms with Gasteiger partial charge in [0.2, 0.25) is 0 Å². The third-order valence-corrected chi connectivity index (χ3v) is 4.82. The van der Waals surface area contributed by atoms with E-state index in [0.717, 1.165) is 22.3 Å². The number of aliphatic imine (C=N–C) groups is 1. The maximum atomic E-state index is 4.63. The molecule has 3 rings (SSSR count). The van der Waals surface area contributed by atoms with Crippen molar-refractivity contribution in [3.8, 4) is 5.69 Å². The van der Waals surface area contributed by atoms with Crippen LogP contribution in [-0.2, 0) is 13.1 Å². The minimum atomic E-state index is 0.460. The lowest BCUT2D eigenvalue weighted by atomic mass is 10.2. The molecular weight excluding hydrogens is 344 g/mol. The van der Waals surface area contributed by atoms with Crippen LogP contribution in [0.2, 0.25) is 0 Å². The van der Waals surface area contributed by atoms with Crippen molar-refractivity contribution >= 4 is 17.3 Å². The Balaban J connectivity index is 1.50. The lowest BCUT2D eigenvalue weighted by Gasteiger charge is -2.11. The van der Waals surface area contributed by atoms with Gasteiger partial charge < -0.3 is 10.6 Å². The fraction of sp³-hybridized carbons (Fsp3) is 0.316. The Bertz CT molecular complexity index is 833. The average molecular weight is 369 g/mol. The van der Waals surface area contributed by atoms with Gasteiger partial charge in [0, 0.05) is 31.4 Å². The number of nitrogens with zero attached hydrogens (tertiary/aromatic N) is 4. The molecular formula is C19H24N6S. The van der Waals surface area contributed by atoms with E-state index < -0.39 is 0 Å². The molecule has 1 aromatic carbocycles. The number of guanidine groups is 1. The maximum Gasteiger partial charge on any atom is 0.191 e. The van der Waals surface area contributed by atoms with Crippen molar-refractivity contribution in [2.75, 3.05) is 7.05 Å². The first-order chi connectivity index (χ1) is 12.7. The first-order valence-corrected chi connectivity index (χ1v) is 9.51. The minimum absolute atomic E-state index is 0.460. The number of aromatic nitrogens is 3. The molecule has 0 atom stereocenters. The molecule has 3 aromatic rings. The Kier molecular flexibility index (Phi) is 6.01. The van der Waals surface area contributed by atoms with Gasteiger partial charge in [0.25, 0.3) is 0 Å². The molecule has 136 valence electrons. The average Bonchev–Trinajstić information content (AvgIpc) is 3.34. The first kappa shape index (κ1) is 18.1. The number of hydrogen-bond donors (Lipinski definition) is 2. The summed E-state index contributed by atoms with van der Waals surface area (Å²) < 4.78 is 1.84. The topological polar surface area (TPSA) is 67.1 Å². The van der Waals surface area contributed by atoms with Gasteiger partial charge in [-0.2, -0.15) is 5.10 Å². The number of benzene rings is 1. The fourth-order valence-electron chi connectivity index (χ4n) is 2.43. The SMILES string of the molecule is CN=C(NCc1ccc(-n2cccn2)cc1)NCc1nc(C(C)C)cs1. The minimum Gasteiger partial charge on any atom is -0.352 e. The molecule has 0 aliphatic carbocycles. The third kappa shape index (κ3) is 4.70. The van der Waals surface area contributed by atoms with Crippen LogP contribution >= 0.6 is 11.3 Å². The van der Waals surface area contributed by atoms with Crippen molar-refractivity contribution in [2.45, 2.75) is 32.9 Å². The quantitative estimate of drug-likeness (QED) is 0.517. The molecule has 2 N–H and O–H groups in total. The van der Waals surface area contributed by atoms with Crippen LogP contribution in [0.25, 0.3) is 5.69 Å². The fourth-order valence-corrected chi connectivity index (χ4v) is 3.32. The van der Waals surface area contributed by atoms with Gasteiger partial charge in [0.05, 0.1) is 17.9 Å². The lowest BCUT2D eigenvalue weighted by Crippen LogP contribution is -2.36. The summed E-state index contributed by atoms with van der Waals surface area (Å²) in [6.45, 7) is 5.69. The molecule has 2 aromatic heterocycles. The Hall–Kier alpha value is -2.67. The molecule has 0 amide bonds. The molecule has 0 spiro atoms. The smallest absolute Gasteiger partial charge is 0.191 e. The zero-order valence-electron chi connectivity index (χ0n) is 15.3. The number of hydrogen-bond acceptors (Lipinski definition) is 4. The van der Waals surface area contributed by atoms with E-state index >= 15 is 0 Å². The first-order valence-electron chi connectivity index (χ1n) is 8.63. The van der Waals surface area contributed by atoms with Gasteiger partial charge >= 0.3 is 0 Å². The van der Waals surface area contributed by atoms with Crippen LogP contribution in [0.5, 0.6) is 0 Å². The third-order valence-electron chi connectivity index (χ3n) is 3.96. The van der Waals surface area contributed by atoms with Gasteiger partial charge in [0.15, 0.2) is 5.96 Å². The van der Waals surface area contributed by atoms with Crippen molar-refractivity contribution in [3.05, 3.63) is 64.4 Å². The molecule has 2 heterocycles. The molecule has 0 saturated heterocycles. The van der Waals surface area contributed by atoms with E-state index in [1.165, 1.54) is 5.56 Å². The summed E-state index contributed by atoms with van der Waals surface area (Å²) in [6, 6.07) is 10.2. The highest BCUT2D eigenvalue weighted by atomic mass is 32.1. The van der Waals surface area contributed by atoms with Gasteiger partial charge in [-0.05, 0) is 29.7 Å². The van der Waals surface area contributed by atoms with Crippen molar-refractivity contribution in [2.24, 2.45) is 4.99 Å². The molecule has 0 fully saturated rings. The second-order valence-electron chi connectivity index (χ2n) is 6.22. The summed E-state index contributed by atoms with van der Waals surface area (Å²) in [6.07, 6.45) is 3.71. The van der Waals surface area contributed by atoms with Gasteiger partial charge in [-0.15, -0.1) is 11.3 Å². The highest BCUT2D eigenvalue weighted by molar-refractivity contribution is 7.09. The van der Waals surface area contributed by atoms with Crippen LogP contribution in [0.3, 0.4) is 0 Å². The summed E-state index contributed by atoms with van der Waals surface area (Å²) >= 11 is 1.68. The maximum absolute atomic E-state index is 4.63. The Morgan fingerprint density at radius 3 is 2.58 bits per heavy atom. The second-order valence-corrected chi connectivity index (χ2v) is 7.16. The van der Waals surface area contributed by atoms with Crippen LogP contribution in [0.4, 0.5) is 0 Å². The van der Waals surface area contributed by atoms with E-state index in [4.69, 9.17) is 0 Å². The number of nitrogens with one attached hydrogen (secondary N) is 2. The largest absolute Gasteiger partial charge is 0.352 e. The molecule has 0 aliphatic heterocycles. The van der Waals surface area contributed by atoms with Crippen molar-refractivity contribution in [1.82, 2.24) is 25.4 Å². The Labute approximate surface area is 158 Å². The van der Waals surface area contributed by atoms with Crippen LogP contribution in [0.15, 0.2) is 53.1 Å². The van der Waals surface area contributed by atoms with E-state index in [0.29, 0.717) is 19.0 Å². The Morgan fingerprint density at radius 2 is 1.96 bits per heavy atom. The number of rotatable bonds is 6. The molecule has 26 heavy (non-hydrogen) atoms. The Morgan fingerprint density at radius 1 is 1.19 bits per heavy atom. The summed E-state index contributed by atoms with van der Waals surface area (Å²) in [5.41, 5.74) is 3.37. The van der Waals surface area contributed by atoms with Crippen molar-refractivity contribution < 1.29 is 0 Å². The molecule has 6 nitrogen and oxygen atoms in total. The van der Waals surface area contributed by atoms with Crippen LogP contribution in [0.1, 0.15) is 36.0 Å². The van der Waals surface area contributed by atoms with Crippen LogP contribution in [0, 0.1) is 0 Å². The van der Waals surface area contributed by atoms with Gasteiger partial charge in [-0.1, -0.05) is 26.0 Å². The highest BCUT2D eigenvalue weighted by Crippen LogP contribution is 2.17. The van der Waals surface area contributed by atoms with Gasteiger partial charge in [-0.3, -0.25) is 4.99 Å². The number of thiazole rings is 1. The summed E-state index contributed by atoms with van der Waals surface area (Å²) in [4.78, 5) is 8.91. The van der Waals surface area contributed by atoms with E-state index in [-0.39, 0.29) is 0 Å². The predicted octanol–water partition coefficient (Wildman–Crippen LogP) is 3.32. The molecule has 0 unspecified atom stereocenters. The molecule has 0 bridgehead atoms. The van der Waals surface area contributed by atoms with Crippen LogP contribution < -0.4 is 10.6 Å². The van der Waals surface area contributed by atoms with Crippen molar-refractivity contribution in [1.29, 1.82) is 0 Å².